The third-order valence-electron chi connectivity index (χ3n) is 6.23. The third-order valence-corrected chi connectivity index (χ3v) is 7.31. The van der Waals surface area contributed by atoms with Crippen LogP contribution >= 0.6 is 11.3 Å². The van der Waals surface area contributed by atoms with Gasteiger partial charge in [-0.15, -0.1) is 11.3 Å². The number of pyridine rings is 1. The van der Waals surface area contributed by atoms with Crippen LogP contribution in [0.5, 0.6) is 0 Å². The molecule has 2 saturated heterocycles. The normalized spacial score (nSPS) is 18.7. The number of anilines is 1. The zero-order valence-corrected chi connectivity index (χ0v) is 20.1. The Hall–Kier alpha value is -3.28. The first-order valence-electron chi connectivity index (χ1n) is 11.5. The SMILES string of the molecule is COC(=O)c1sc2nc(CN3CCN(C(=O)c4ccco4)CC3)ccc2c1NC(=O)[C@H]1CCCO1. The number of methoxy groups -OCH3 is 1. The Morgan fingerprint density at radius 2 is 2.03 bits per heavy atom. The van der Waals surface area contributed by atoms with Crippen LogP contribution in [-0.2, 0) is 20.8 Å². The fourth-order valence-electron chi connectivity index (χ4n) is 4.35. The van der Waals surface area contributed by atoms with E-state index in [2.05, 4.69) is 10.2 Å². The van der Waals surface area contributed by atoms with Gasteiger partial charge in [0.15, 0.2) is 5.76 Å². The van der Waals surface area contributed by atoms with E-state index < -0.39 is 12.1 Å². The molecule has 2 aliphatic rings. The molecular weight excluding hydrogens is 472 g/mol. The lowest BCUT2D eigenvalue weighted by Crippen LogP contribution is -2.48. The Bertz CT molecular complexity index is 1230. The molecule has 3 aromatic rings. The van der Waals surface area contributed by atoms with E-state index >= 15 is 0 Å². The van der Waals surface area contributed by atoms with Gasteiger partial charge in [-0.25, -0.2) is 9.78 Å². The summed E-state index contributed by atoms with van der Waals surface area (Å²) in [7, 11) is 1.31. The van der Waals surface area contributed by atoms with Gasteiger partial charge in [0.25, 0.3) is 11.8 Å². The molecule has 184 valence electrons. The van der Waals surface area contributed by atoms with Crippen LogP contribution < -0.4 is 5.32 Å². The Morgan fingerprint density at radius 3 is 2.71 bits per heavy atom. The van der Waals surface area contributed by atoms with Crippen molar-refractivity contribution in [1.29, 1.82) is 0 Å². The highest BCUT2D eigenvalue weighted by molar-refractivity contribution is 7.21. The van der Waals surface area contributed by atoms with Gasteiger partial charge in [0, 0.05) is 44.7 Å². The van der Waals surface area contributed by atoms with Crippen LogP contribution in [0, 0.1) is 0 Å². The molecule has 5 heterocycles. The number of carbonyl (C=O) groups is 3. The summed E-state index contributed by atoms with van der Waals surface area (Å²) >= 11 is 1.20. The van der Waals surface area contributed by atoms with E-state index in [1.807, 2.05) is 12.1 Å². The van der Waals surface area contributed by atoms with E-state index in [4.69, 9.17) is 18.9 Å². The fraction of sp³-hybridized carbons (Fsp3) is 0.417. The molecule has 0 aliphatic carbocycles. The maximum atomic E-state index is 12.7. The quantitative estimate of drug-likeness (QED) is 0.516. The molecule has 11 heteroatoms. The van der Waals surface area contributed by atoms with Gasteiger partial charge in [-0.1, -0.05) is 0 Å². The predicted molar refractivity (Wildman–Crippen MR) is 128 cm³/mol. The van der Waals surface area contributed by atoms with Crippen molar-refractivity contribution >= 4 is 45.0 Å². The van der Waals surface area contributed by atoms with Gasteiger partial charge in [0.1, 0.15) is 15.8 Å². The molecule has 0 spiro atoms. The van der Waals surface area contributed by atoms with Gasteiger partial charge in [0.05, 0.1) is 24.8 Å². The number of furan rings is 1. The molecule has 2 aliphatic heterocycles. The average Bonchev–Trinajstić information content (AvgIpc) is 3.65. The third kappa shape index (κ3) is 4.93. The Kier molecular flexibility index (Phi) is 6.80. The maximum absolute atomic E-state index is 12.7. The van der Waals surface area contributed by atoms with Crippen LogP contribution in [0.1, 0.15) is 38.8 Å². The number of hydrogen-bond donors (Lipinski definition) is 1. The summed E-state index contributed by atoms with van der Waals surface area (Å²) in [6.07, 6.45) is 2.48. The first kappa shape index (κ1) is 23.5. The molecule has 2 amide bonds. The molecule has 0 aromatic carbocycles. The van der Waals surface area contributed by atoms with E-state index in [-0.39, 0.29) is 11.8 Å². The number of ether oxygens (including phenoxy) is 2. The van der Waals surface area contributed by atoms with E-state index in [1.165, 1.54) is 24.7 Å². The van der Waals surface area contributed by atoms with Crippen LogP contribution in [0.25, 0.3) is 10.2 Å². The Balaban J connectivity index is 1.29. The van der Waals surface area contributed by atoms with Gasteiger partial charge in [-0.2, -0.15) is 0 Å². The number of thiophene rings is 1. The summed E-state index contributed by atoms with van der Waals surface area (Å²) in [5.41, 5.74) is 1.26. The predicted octanol–water partition coefficient (Wildman–Crippen LogP) is 2.75. The van der Waals surface area contributed by atoms with E-state index in [0.717, 1.165) is 12.1 Å². The molecular formula is C24H26N4O6S. The zero-order chi connectivity index (χ0) is 24.4. The first-order valence-corrected chi connectivity index (χ1v) is 12.3. The van der Waals surface area contributed by atoms with Gasteiger partial charge >= 0.3 is 5.97 Å². The summed E-state index contributed by atoms with van der Waals surface area (Å²) in [5, 5.41) is 3.56. The lowest BCUT2D eigenvalue weighted by atomic mass is 10.2. The van der Waals surface area contributed by atoms with Crippen LogP contribution in [-0.4, -0.2) is 78.6 Å². The molecule has 0 saturated carbocycles. The first-order chi connectivity index (χ1) is 17.0. The fourth-order valence-corrected chi connectivity index (χ4v) is 5.41. The highest BCUT2D eigenvalue weighted by Gasteiger charge is 2.28. The maximum Gasteiger partial charge on any atom is 0.350 e. The molecule has 10 nitrogen and oxygen atoms in total. The van der Waals surface area contributed by atoms with Crippen molar-refractivity contribution in [2.45, 2.75) is 25.5 Å². The topological polar surface area (TPSA) is 114 Å². The molecule has 0 bridgehead atoms. The number of amides is 2. The van der Waals surface area contributed by atoms with Crippen LogP contribution in [0.15, 0.2) is 34.9 Å². The second kappa shape index (κ2) is 10.1. The van der Waals surface area contributed by atoms with Crippen LogP contribution in [0.2, 0.25) is 0 Å². The molecule has 0 radical (unpaired) electrons. The zero-order valence-electron chi connectivity index (χ0n) is 19.3. The van der Waals surface area contributed by atoms with Gasteiger partial charge < -0.3 is 24.1 Å². The monoisotopic (exact) mass is 498 g/mol. The molecule has 3 aromatic heterocycles. The summed E-state index contributed by atoms with van der Waals surface area (Å²) in [4.78, 5) is 47.3. The van der Waals surface area contributed by atoms with Gasteiger partial charge in [-0.05, 0) is 37.1 Å². The lowest BCUT2D eigenvalue weighted by molar-refractivity contribution is -0.124. The van der Waals surface area contributed by atoms with Crippen molar-refractivity contribution in [2.24, 2.45) is 0 Å². The number of nitrogens with zero attached hydrogens (tertiary/aromatic N) is 3. The van der Waals surface area contributed by atoms with Crippen molar-refractivity contribution in [2.75, 3.05) is 45.2 Å². The number of rotatable bonds is 6. The van der Waals surface area contributed by atoms with Gasteiger partial charge in [-0.3, -0.25) is 14.5 Å². The minimum atomic E-state index is -0.519. The number of piperazine rings is 1. The molecule has 2 fully saturated rings. The number of nitrogens with one attached hydrogen (secondary N) is 1. The molecule has 35 heavy (non-hydrogen) atoms. The van der Waals surface area contributed by atoms with Crippen molar-refractivity contribution in [3.05, 3.63) is 46.9 Å². The summed E-state index contributed by atoms with van der Waals surface area (Å²) in [6, 6.07) is 7.16. The van der Waals surface area contributed by atoms with E-state index in [9.17, 15) is 14.4 Å². The summed E-state index contributed by atoms with van der Waals surface area (Å²) in [5.74, 6) is -0.527. The molecule has 1 N–H and O–H groups in total. The Labute approximate surface area is 205 Å². The summed E-state index contributed by atoms with van der Waals surface area (Å²) in [6.45, 7) is 3.81. The van der Waals surface area contributed by atoms with Crippen LogP contribution in [0.3, 0.4) is 0 Å². The largest absolute Gasteiger partial charge is 0.465 e. The highest BCUT2D eigenvalue weighted by atomic mass is 32.1. The highest BCUT2D eigenvalue weighted by Crippen LogP contribution is 2.36. The Morgan fingerprint density at radius 1 is 1.20 bits per heavy atom. The molecule has 5 rings (SSSR count). The minimum Gasteiger partial charge on any atom is -0.465 e. The average molecular weight is 499 g/mol. The summed E-state index contributed by atoms with van der Waals surface area (Å²) < 4.78 is 15.6. The second-order valence-electron chi connectivity index (χ2n) is 8.49. The van der Waals surface area contributed by atoms with E-state index in [1.54, 1.807) is 17.0 Å². The number of fused-ring (bicyclic) bond motifs is 1. The minimum absolute atomic E-state index is 0.0966. The number of hydrogen-bond acceptors (Lipinski definition) is 9. The number of esters is 1. The van der Waals surface area contributed by atoms with Crippen molar-refractivity contribution in [3.8, 4) is 0 Å². The van der Waals surface area contributed by atoms with Gasteiger partial charge in [0.2, 0.25) is 0 Å². The lowest BCUT2D eigenvalue weighted by Gasteiger charge is -2.34. The number of aromatic nitrogens is 1. The smallest absolute Gasteiger partial charge is 0.350 e. The standard InChI is InChI=1S/C24H26N4O6S/c1-32-24(31)20-19(26-21(29)17-4-2-12-33-17)16-7-6-15(25-22(16)35-20)14-27-8-10-28(11-9-27)23(30)18-5-3-13-34-18/h3,5-7,13,17H,2,4,8-12,14H2,1H3,(H,26,29)/t17-/m1/s1. The molecule has 0 unspecified atom stereocenters. The van der Waals surface area contributed by atoms with Crippen LogP contribution in [0.4, 0.5) is 5.69 Å². The van der Waals surface area contributed by atoms with Crippen molar-refractivity contribution in [3.63, 3.8) is 0 Å². The van der Waals surface area contributed by atoms with E-state index in [0.29, 0.717) is 72.3 Å². The second-order valence-corrected chi connectivity index (χ2v) is 9.49. The van der Waals surface area contributed by atoms with Crippen molar-refractivity contribution < 1.29 is 28.3 Å². The molecule has 1 atom stereocenters. The van der Waals surface area contributed by atoms with Crippen molar-refractivity contribution in [1.82, 2.24) is 14.8 Å². The number of carbonyl (C=O) groups excluding carboxylic acids is 3.